The van der Waals surface area contributed by atoms with Gasteiger partial charge in [-0.1, -0.05) is 376 Å². The first kappa shape index (κ1) is 80.1. The van der Waals surface area contributed by atoms with Crippen molar-refractivity contribution < 1.29 is 8.83 Å². The summed E-state index contributed by atoms with van der Waals surface area (Å²) in [7, 11) is 0. The van der Waals surface area contributed by atoms with E-state index in [9.17, 15) is 0 Å². The molecule has 0 amide bonds. The van der Waals surface area contributed by atoms with E-state index >= 15 is 0 Å². The second-order valence-electron chi connectivity index (χ2n) is 37.1. The summed E-state index contributed by atoms with van der Waals surface area (Å²) in [5, 5.41) is 4.29. The monoisotopic (exact) mass is 1780 g/mol. The van der Waals surface area contributed by atoms with Crippen molar-refractivity contribution in [3.8, 4) is 100 Å². The fourth-order valence-electron chi connectivity index (χ4n) is 24.0. The van der Waals surface area contributed by atoms with Crippen LogP contribution in [-0.2, 0) is 10.8 Å². The van der Waals surface area contributed by atoms with Gasteiger partial charge in [0, 0.05) is 66.7 Å². The standard InChI is InChI=1S/C134H86N4O2/c1-4-36-87(37-5-1)99-46-10-12-48-101(99)107-52-16-26-62-122(107)135(95-44-34-40-89(80-95)92-71-78-131-112(83-92)109-54-18-32-68-129(109)139-131)97-73-75-105-103-50-14-21-57-115(103)134(120(105)85-97)118-60-24-30-66-127(118)138(128-67-31-25-61-119(128)134)96-45-35-41-90(81-96)91-70-77-124(111(82-91)93-72-79-132-113(84-93)110-55-19-33-69-130(110)140-132)137(123-63-27-17-53-108(123)102-49-13-11-47-100(102)88-38-6-2-7-39-88)98-74-76-106-104-51-15-20-56-114(104)133(121(106)86-98)116-58-22-28-64-125(116)136(94-42-8-3-9-43-94)126-65-29-23-59-117(126)133/h1-86H. The lowest BCUT2D eigenvalue weighted by Gasteiger charge is -2.45. The Labute approximate surface area is 812 Å². The molecule has 24 aromatic rings. The van der Waals surface area contributed by atoms with Crippen molar-refractivity contribution in [3.63, 3.8) is 0 Å². The topological polar surface area (TPSA) is 39.2 Å². The zero-order valence-corrected chi connectivity index (χ0v) is 76.3. The Balaban J connectivity index is 0.631. The maximum absolute atomic E-state index is 6.75. The van der Waals surface area contributed by atoms with Crippen LogP contribution >= 0.6 is 0 Å². The molecule has 2 spiro atoms. The minimum absolute atomic E-state index is 0.751. The highest BCUT2D eigenvalue weighted by Crippen LogP contribution is 2.68. The molecule has 0 fully saturated rings. The molecule has 0 bridgehead atoms. The molecule has 0 N–H and O–H groups in total. The lowest BCUT2D eigenvalue weighted by Crippen LogP contribution is -2.36. The average Bonchev–Trinajstić information content (AvgIpc) is 1.47. The number of nitrogens with zero attached hydrogens (tertiary/aromatic N) is 4. The molecule has 2 aliphatic heterocycles. The third kappa shape index (κ3) is 12.3. The Bertz CT molecular complexity index is 9050. The molecule has 22 aromatic carbocycles. The molecule has 0 unspecified atom stereocenters. The van der Waals surface area contributed by atoms with Gasteiger partial charge >= 0.3 is 0 Å². The second kappa shape index (κ2) is 32.2. The maximum Gasteiger partial charge on any atom is 0.135 e. The Morgan fingerprint density at radius 2 is 0.486 bits per heavy atom. The highest BCUT2D eigenvalue weighted by Gasteiger charge is 2.54. The first-order valence-electron chi connectivity index (χ1n) is 48.2. The first-order chi connectivity index (χ1) is 69.5. The van der Waals surface area contributed by atoms with Crippen LogP contribution in [0.25, 0.3) is 144 Å². The summed E-state index contributed by atoms with van der Waals surface area (Å²) >= 11 is 0. The lowest BCUT2D eigenvalue weighted by molar-refractivity contribution is 0.668. The van der Waals surface area contributed by atoms with Gasteiger partial charge in [0.25, 0.3) is 0 Å². The van der Waals surface area contributed by atoms with Crippen molar-refractivity contribution >= 4 is 112 Å². The molecule has 0 saturated carbocycles. The molecule has 0 atom stereocenters. The van der Waals surface area contributed by atoms with Gasteiger partial charge in [0.2, 0.25) is 0 Å². The molecule has 2 aromatic heterocycles. The Morgan fingerprint density at radius 1 is 0.157 bits per heavy atom. The number of anilines is 12. The van der Waals surface area contributed by atoms with Crippen molar-refractivity contribution in [2.45, 2.75) is 10.8 Å². The summed E-state index contributed by atoms with van der Waals surface area (Å²) in [5.41, 5.74) is 44.7. The van der Waals surface area contributed by atoms with E-state index in [1.807, 2.05) is 6.07 Å². The summed E-state index contributed by atoms with van der Waals surface area (Å²) in [6.45, 7) is 0. The molecule has 0 radical (unpaired) electrons. The predicted molar refractivity (Wildman–Crippen MR) is 580 cm³/mol. The number of fused-ring (bicyclic) bond motifs is 24. The highest BCUT2D eigenvalue weighted by atomic mass is 16.3. The van der Waals surface area contributed by atoms with Crippen LogP contribution < -0.4 is 19.6 Å². The molecule has 0 saturated heterocycles. The average molecular weight is 1780 g/mol. The number of hydrogen-bond donors (Lipinski definition) is 0. The number of benzene rings is 22. The first-order valence-corrected chi connectivity index (χ1v) is 48.2. The lowest BCUT2D eigenvalue weighted by atomic mass is 9.64. The van der Waals surface area contributed by atoms with Crippen LogP contribution in [0.5, 0.6) is 0 Å². The van der Waals surface area contributed by atoms with Gasteiger partial charge in [-0.2, -0.15) is 0 Å². The van der Waals surface area contributed by atoms with Crippen molar-refractivity contribution in [1.29, 1.82) is 0 Å². The van der Waals surface area contributed by atoms with Gasteiger partial charge in [-0.3, -0.25) is 0 Å². The number of furan rings is 2. The zero-order valence-electron chi connectivity index (χ0n) is 76.3. The van der Waals surface area contributed by atoms with Crippen molar-refractivity contribution in [1.82, 2.24) is 0 Å². The van der Waals surface area contributed by atoms with E-state index in [1.54, 1.807) is 0 Å². The van der Waals surface area contributed by atoms with E-state index in [2.05, 4.69) is 535 Å². The Morgan fingerprint density at radius 3 is 1.01 bits per heavy atom. The minimum Gasteiger partial charge on any atom is -0.456 e. The van der Waals surface area contributed by atoms with E-state index in [-0.39, 0.29) is 0 Å². The van der Waals surface area contributed by atoms with Gasteiger partial charge in [0.05, 0.1) is 50.6 Å². The molecule has 140 heavy (non-hydrogen) atoms. The summed E-state index contributed by atoms with van der Waals surface area (Å²) < 4.78 is 13.2. The zero-order chi connectivity index (χ0) is 92.1. The number of para-hydroxylation sites is 9. The van der Waals surface area contributed by atoms with Gasteiger partial charge in [0.1, 0.15) is 22.3 Å². The normalized spacial score (nSPS) is 13.1. The molecule has 28 rings (SSSR count). The largest absolute Gasteiger partial charge is 0.456 e. The molecular weight excluding hydrogens is 1700 g/mol. The van der Waals surface area contributed by atoms with Gasteiger partial charge in [-0.25, -0.2) is 0 Å². The van der Waals surface area contributed by atoms with Crippen LogP contribution in [0.2, 0.25) is 0 Å². The summed E-state index contributed by atoms with van der Waals surface area (Å²) in [6.07, 6.45) is 0. The molecule has 6 nitrogen and oxygen atoms in total. The van der Waals surface area contributed by atoms with Crippen LogP contribution in [0.3, 0.4) is 0 Å². The molecule has 4 aliphatic rings. The molecule has 4 heterocycles. The van der Waals surface area contributed by atoms with Crippen molar-refractivity contribution in [3.05, 3.63) is 566 Å². The van der Waals surface area contributed by atoms with Crippen LogP contribution in [0.1, 0.15) is 44.5 Å². The SMILES string of the molecule is c1ccc(-c2ccccc2-c2ccccc2N(c2cccc(-c3ccc4oc5ccccc5c4c3)c2)c2ccc3c(c2)C2(c4ccccc4-3)c3ccccc3N(c3cccc(-c4ccc(N(c5ccc6c(c5)C5(c7ccccc7-6)c6ccccc6N(c6ccccc6)c6ccccc65)c5ccccc5-c5ccccc5-c5ccccc5)c(-c5ccc6oc7ccccc7c6c5)c4)c3)c3ccccc32)cc1. The fraction of sp³-hybridized carbons (Fsp3) is 0.0149. The predicted octanol–water partition coefficient (Wildman–Crippen LogP) is 36.4. The van der Waals surface area contributed by atoms with Gasteiger partial charge in [-0.15, -0.1) is 0 Å². The van der Waals surface area contributed by atoms with Gasteiger partial charge in [-0.05, 0) is 274 Å². The van der Waals surface area contributed by atoms with Crippen LogP contribution in [0, 0.1) is 0 Å². The second-order valence-corrected chi connectivity index (χ2v) is 37.1. The summed E-state index contributed by atoms with van der Waals surface area (Å²) in [5.74, 6) is 0. The number of rotatable bonds is 15. The van der Waals surface area contributed by atoms with Gasteiger partial charge in [0.15, 0.2) is 0 Å². The third-order valence-electron chi connectivity index (χ3n) is 29.9. The smallest absolute Gasteiger partial charge is 0.135 e. The number of hydrogen-bond acceptors (Lipinski definition) is 6. The van der Waals surface area contributed by atoms with E-state index < -0.39 is 10.8 Å². The highest BCUT2D eigenvalue weighted by molar-refractivity contribution is 6.11. The molecule has 2 aliphatic carbocycles. The third-order valence-corrected chi connectivity index (χ3v) is 29.9. The quantitative estimate of drug-likeness (QED) is 0.102. The summed E-state index contributed by atoms with van der Waals surface area (Å²) in [6, 6.07) is 194. The van der Waals surface area contributed by atoms with Crippen molar-refractivity contribution in [2.75, 3.05) is 19.6 Å². The fourth-order valence-corrected chi connectivity index (χ4v) is 24.0. The van der Waals surface area contributed by atoms with E-state index in [1.165, 1.54) is 66.8 Å². The molecule has 6 heteroatoms. The van der Waals surface area contributed by atoms with Crippen LogP contribution in [-0.4, -0.2) is 0 Å². The van der Waals surface area contributed by atoms with Gasteiger partial charge < -0.3 is 28.4 Å². The molecular formula is C134H86N4O2. The van der Waals surface area contributed by atoms with E-state index in [0.717, 1.165) is 190 Å². The van der Waals surface area contributed by atoms with E-state index in [0.29, 0.717) is 0 Å². The molecule has 654 valence electrons. The Kier molecular flexibility index (Phi) is 18.4. The van der Waals surface area contributed by atoms with Crippen LogP contribution in [0.15, 0.2) is 531 Å². The van der Waals surface area contributed by atoms with Crippen LogP contribution in [0.4, 0.5) is 68.2 Å². The minimum atomic E-state index is -0.808. The Hall–Kier alpha value is -18.4. The maximum atomic E-state index is 6.75. The summed E-state index contributed by atoms with van der Waals surface area (Å²) in [4.78, 5) is 10.1. The van der Waals surface area contributed by atoms with E-state index in [4.69, 9.17) is 8.83 Å². The van der Waals surface area contributed by atoms with Crippen molar-refractivity contribution in [2.24, 2.45) is 0 Å².